The molecule has 3 nitrogen and oxygen atoms in total. The molecule has 0 saturated carbocycles. The molecule has 0 aromatic heterocycles. The van der Waals surface area contributed by atoms with Crippen molar-refractivity contribution in [3.05, 3.63) is 63.6 Å². The van der Waals surface area contributed by atoms with Gasteiger partial charge in [0.1, 0.15) is 4.99 Å². The van der Waals surface area contributed by atoms with Crippen LogP contribution in [0.5, 0.6) is 0 Å². The van der Waals surface area contributed by atoms with E-state index in [0.717, 1.165) is 21.3 Å². The summed E-state index contributed by atoms with van der Waals surface area (Å²) in [5.74, 6) is -0.0694. The molecule has 0 saturated heterocycles. The van der Waals surface area contributed by atoms with Gasteiger partial charge in [-0.15, -0.1) is 0 Å². The summed E-state index contributed by atoms with van der Waals surface area (Å²) >= 11 is 8.37. The lowest BCUT2D eigenvalue weighted by Crippen LogP contribution is -2.27. The molecule has 21 heavy (non-hydrogen) atoms. The minimum atomic E-state index is -0.0694. The summed E-state index contributed by atoms with van der Waals surface area (Å²) < 4.78 is 0.953. The maximum Gasteiger partial charge on any atom is 0.258 e. The van der Waals surface area contributed by atoms with E-state index in [0.29, 0.717) is 10.6 Å². The summed E-state index contributed by atoms with van der Waals surface area (Å²) in [6.45, 7) is 1.91. The van der Waals surface area contributed by atoms with Crippen molar-refractivity contribution >= 4 is 44.7 Å². The number of aryl methyl sites for hydroxylation is 1. The van der Waals surface area contributed by atoms with Crippen LogP contribution in [-0.2, 0) is 0 Å². The topological polar surface area (TPSA) is 46.3 Å². The summed E-state index contributed by atoms with van der Waals surface area (Å²) in [5, 5.41) is 0. The molecule has 5 heteroatoms. The van der Waals surface area contributed by atoms with Crippen LogP contribution in [0.15, 0.2) is 46.9 Å². The van der Waals surface area contributed by atoms with Crippen molar-refractivity contribution in [3.63, 3.8) is 0 Å². The zero-order valence-electron chi connectivity index (χ0n) is 11.8. The quantitative estimate of drug-likeness (QED) is 0.847. The van der Waals surface area contributed by atoms with Crippen LogP contribution in [-0.4, -0.2) is 17.9 Å². The number of carbonyl (C=O) groups excluding carboxylic acids is 1. The van der Waals surface area contributed by atoms with E-state index >= 15 is 0 Å². The first-order valence-electron chi connectivity index (χ1n) is 6.34. The van der Waals surface area contributed by atoms with Gasteiger partial charge in [0, 0.05) is 28.3 Å². The summed E-state index contributed by atoms with van der Waals surface area (Å²) in [6.07, 6.45) is 0. The standard InChI is InChI=1S/C16H15BrN2OS/c1-10-8-12(17)6-7-14(10)16(20)19(2)13-5-3-4-11(9-13)15(18)21/h3-9H,1-2H3,(H2,18,21). The highest BCUT2D eigenvalue weighted by Gasteiger charge is 2.16. The predicted molar refractivity (Wildman–Crippen MR) is 93.9 cm³/mol. The lowest BCUT2D eigenvalue weighted by molar-refractivity contribution is 0.0992. The van der Waals surface area contributed by atoms with Crippen molar-refractivity contribution in [3.8, 4) is 0 Å². The minimum absolute atomic E-state index is 0.0694. The molecule has 0 spiro atoms. The molecule has 0 fully saturated rings. The van der Waals surface area contributed by atoms with Crippen molar-refractivity contribution in [1.82, 2.24) is 0 Å². The Morgan fingerprint density at radius 3 is 2.57 bits per heavy atom. The van der Waals surface area contributed by atoms with E-state index in [9.17, 15) is 4.79 Å². The zero-order chi connectivity index (χ0) is 15.6. The van der Waals surface area contributed by atoms with Crippen LogP contribution in [0.4, 0.5) is 5.69 Å². The molecule has 2 aromatic rings. The van der Waals surface area contributed by atoms with Crippen LogP contribution in [0, 0.1) is 6.92 Å². The number of hydrogen-bond donors (Lipinski definition) is 1. The molecule has 1 amide bonds. The lowest BCUT2D eigenvalue weighted by Gasteiger charge is -2.19. The molecule has 0 unspecified atom stereocenters. The fraction of sp³-hybridized carbons (Fsp3) is 0.125. The molecule has 108 valence electrons. The average molecular weight is 363 g/mol. The van der Waals surface area contributed by atoms with Gasteiger partial charge in [0.15, 0.2) is 0 Å². The second-order valence-electron chi connectivity index (χ2n) is 4.74. The maximum absolute atomic E-state index is 12.6. The van der Waals surface area contributed by atoms with Gasteiger partial charge >= 0.3 is 0 Å². The van der Waals surface area contributed by atoms with E-state index in [1.807, 2.05) is 49.4 Å². The Balaban J connectivity index is 2.35. The number of nitrogens with zero attached hydrogens (tertiary/aromatic N) is 1. The number of halogens is 1. The normalized spacial score (nSPS) is 10.2. The Labute approximate surface area is 137 Å². The van der Waals surface area contributed by atoms with Gasteiger partial charge in [-0.2, -0.15) is 0 Å². The highest BCUT2D eigenvalue weighted by molar-refractivity contribution is 9.10. The van der Waals surface area contributed by atoms with Gasteiger partial charge in [-0.05, 0) is 42.8 Å². The van der Waals surface area contributed by atoms with E-state index in [1.54, 1.807) is 11.9 Å². The number of hydrogen-bond acceptors (Lipinski definition) is 2. The molecular formula is C16H15BrN2OS. The first-order chi connectivity index (χ1) is 9.90. The zero-order valence-corrected chi connectivity index (χ0v) is 14.2. The van der Waals surface area contributed by atoms with Crippen LogP contribution in [0.25, 0.3) is 0 Å². The fourth-order valence-electron chi connectivity index (χ4n) is 2.03. The van der Waals surface area contributed by atoms with E-state index in [4.69, 9.17) is 18.0 Å². The molecule has 2 N–H and O–H groups in total. The minimum Gasteiger partial charge on any atom is -0.389 e. The number of rotatable bonds is 3. The molecule has 0 atom stereocenters. The Kier molecular flexibility index (Phi) is 4.75. The summed E-state index contributed by atoms with van der Waals surface area (Å²) in [5.41, 5.74) is 8.73. The second-order valence-corrected chi connectivity index (χ2v) is 6.09. The van der Waals surface area contributed by atoms with Crippen molar-refractivity contribution in [2.45, 2.75) is 6.92 Å². The molecule has 2 rings (SSSR count). The lowest BCUT2D eigenvalue weighted by atomic mass is 10.1. The first kappa shape index (κ1) is 15.7. The van der Waals surface area contributed by atoms with Crippen molar-refractivity contribution in [1.29, 1.82) is 0 Å². The fourth-order valence-corrected chi connectivity index (χ4v) is 2.64. The maximum atomic E-state index is 12.6. The molecule has 0 aliphatic rings. The molecular weight excluding hydrogens is 348 g/mol. The summed E-state index contributed by atoms with van der Waals surface area (Å²) in [4.78, 5) is 14.5. The number of nitrogens with two attached hydrogens (primary N) is 1. The predicted octanol–water partition coefficient (Wildman–Crippen LogP) is 3.67. The van der Waals surface area contributed by atoms with Crippen LogP contribution >= 0.6 is 28.1 Å². The molecule has 0 aliphatic carbocycles. The van der Waals surface area contributed by atoms with Crippen molar-refractivity contribution in [2.75, 3.05) is 11.9 Å². The highest BCUT2D eigenvalue weighted by atomic mass is 79.9. The average Bonchev–Trinajstić information content (AvgIpc) is 2.46. The third kappa shape index (κ3) is 3.49. The van der Waals surface area contributed by atoms with Gasteiger partial charge in [0.2, 0.25) is 0 Å². The highest BCUT2D eigenvalue weighted by Crippen LogP contribution is 2.21. The van der Waals surface area contributed by atoms with Crippen LogP contribution in [0.1, 0.15) is 21.5 Å². The number of amides is 1. The van der Waals surface area contributed by atoms with Gasteiger partial charge in [0.05, 0.1) is 0 Å². The first-order valence-corrected chi connectivity index (χ1v) is 7.54. The van der Waals surface area contributed by atoms with Gasteiger partial charge in [-0.1, -0.05) is 40.3 Å². The molecule has 2 aromatic carbocycles. The van der Waals surface area contributed by atoms with Crippen molar-refractivity contribution in [2.24, 2.45) is 5.73 Å². The molecule has 0 bridgehead atoms. The van der Waals surface area contributed by atoms with E-state index in [-0.39, 0.29) is 5.91 Å². The van der Waals surface area contributed by atoms with E-state index in [2.05, 4.69) is 15.9 Å². The summed E-state index contributed by atoms with van der Waals surface area (Å²) in [7, 11) is 1.74. The number of benzene rings is 2. The monoisotopic (exact) mass is 362 g/mol. The molecule has 0 radical (unpaired) electrons. The van der Waals surface area contributed by atoms with Gasteiger partial charge in [-0.25, -0.2) is 0 Å². The molecule has 0 heterocycles. The third-order valence-corrected chi connectivity index (χ3v) is 3.97. The van der Waals surface area contributed by atoms with Crippen LogP contribution in [0.2, 0.25) is 0 Å². The molecule has 0 aliphatic heterocycles. The Bertz CT molecular complexity index is 715. The van der Waals surface area contributed by atoms with Gasteiger partial charge in [-0.3, -0.25) is 4.79 Å². The Morgan fingerprint density at radius 1 is 1.24 bits per heavy atom. The Morgan fingerprint density at radius 2 is 1.95 bits per heavy atom. The largest absolute Gasteiger partial charge is 0.389 e. The van der Waals surface area contributed by atoms with Crippen LogP contribution in [0.3, 0.4) is 0 Å². The second kappa shape index (κ2) is 6.37. The number of anilines is 1. The van der Waals surface area contributed by atoms with E-state index < -0.39 is 0 Å². The van der Waals surface area contributed by atoms with Crippen LogP contribution < -0.4 is 10.6 Å². The SMILES string of the molecule is Cc1cc(Br)ccc1C(=O)N(C)c1cccc(C(N)=S)c1. The van der Waals surface area contributed by atoms with E-state index in [1.165, 1.54) is 0 Å². The smallest absolute Gasteiger partial charge is 0.258 e. The van der Waals surface area contributed by atoms with Gasteiger partial charge < -0.3 is 10.6 Å². The van der Waals surface area contributed by atoms with Crippen molar-refractivity contribution < 1.29 is 4.79 Å². The van der Waals surface area contributed by atoms with Gasteiger partial charge in [0.25, 0.3) is 5.91 Å². The Hall–Kier alpha value is -1.72. The third-order valence-electron chi connectivity index (χ3n) is 3.24. The number of carbonyl (C=O) groups is 1. The summed E-state index contributed by atoms with van der Waals surface area (Å²) in [6, 6.07) is 12.9. The number of thiocarbonyl (C=S) groups is 1.